The lowest BCUT2D eigenvalue weighted by molar-refractivity contribution is -0.159. The lowest BCUT2D eigenvalue weighted by Gasteiger charge is -2.36. The predicted octanol–water partition coefficient (Wildman–Crippen LogP) is 3.41. The number of hydrogen-bond donors (Lipinski definition) is 2. The lowest BCUT2D eigenvalue weighted by Crippen LogP contribution is -2.47. The molecule has 13 heteroatoms. The number of methoxy groups -OCH3 is 2. The highest BCUT2D eigenvalue weighted by Gasteiger charge is 2.27. The second-order valence-corrected chi connectivity index (χ2v) is 11.1. The summed E-state index contributed by atoms with van der Waals surface area (Å²) in [7, 11) is -0.738. The van der Waals surface area contributed by atoms with Gasteiger partial charge in [-0.1, -0.05) is 12.1 Å². The van der Waals surface area contributed by atoms with Crippen molar-refractivity contribution in [3.63, 3.8) is 0 Å². The zero-order valence-corrected chi connectivity index (χ0v) is 24.2. The second-order valence-electron chi connectivity index (χ2n) is 9.19. The molecule has 1 aliphatic heterocycles. The molecule has 42 heavy (non-hydrogen) atoms. The first-order chi connectivity index (χ1) is 20.1. The normalized spacial score (nSPS) is 13.5. The van der Waals surface area contributed by atoms with E-state index in [-0.39, 0.29) is 10.7 Å². The second kappa shape index (κ2) is 15.0. The maximum Gasteiger partial charge on any atom is 0.414 e. The highest BCUT2D eigenvalue weighted by Crippen LogP contribution is 2.33. The zero-order chi connectivity index (χ0) is 30.7. The summed E-state index contributed by atoms with van der Waals surface area (Å²) in [5, 5.41) is 14.8. The van der Waals surface area contributed by atoms with E-state index in [1.165, 1.54) is 23.5 Å². The van der Waals surface area contributed by atoms with E-state index in [0.29, 0.717) is 30.2 Å². The fourth-order valence-corrected chi connectivity index (χ4v) is 5.91. The van der Waals surface area contributed by atoms with Gasteiger partial charge in [-0.25, -0.2) is 22.4 Å². The smallest absolute Gasteiger partial charge is 0.414 e. The highest BCUT2D eigenvalue weighted by molar-refractivity contribution is 7.92. The van der Waals surface area contributed by atoms with Crippen molar-refractivity contribution in [3.8, 4) is 11.5 Å². The van der Waals surface area contributed by atoms with Gasteiger partial charge in [0.25, 0.3) is 10.0 Å². The number of ether oxygens (including phenoxy) is 2. The molecule has 1 heterocycles. The third-order valence-corrected chi connectivity index (χ3v) is 8.41. The van der Waals surface area contributed by atoms with Crippen LogP contribution in [0, 0.1) is 5.82 Å². The maximum absolute atomic E-state index is 13.7. The molecule has 3 aromatic carbocycles. The summed E-state index contributed by atoms with van der Waals surface area (Å²) in [6.07, 6.45) is 0.657. The number of piperazine rings is 1. The van der Waals surface area contributed by atoms with E-state index in [1.54, 1.807) is 55.6 Å². The van der Waals surface area contributed by atoms with Crippen LogP contribution in [0.3, 0.4) is 0 Å². The predicted molar refractivity (Wildman–Crippen MR) is 155 cm³/mol. The van der Waals surface area contributed by atoms with Crippen LogP contribution < -0.4 is 18.7 Å². The largest absolute Gasteiger partial charge is 0.497 e. The molecule has 0 aliphatic carbocycles. The molecule has 0 aromatic heterocycles. The number of anilines is 2. The Balaban J connectivity index is 0.000000730. The third kappa shape index (κ3) is 8.57. The molecule has 0 amide bonds. The number of carboxylic acids is 2. The van der Waals surface area contributed by atoms with Crippen molar-refractivity contribution in [3.05, 3.63) is 78.6 Å². The molecule has 0 bridgehead atoms. The number of para-hydroxylation sites is 2. The van der Waals surface area contributed by atoms with Crippen LogP contribution in [0.4, 0.5) is 15.8 Å². The van der Waals surface area contributed by atoms with Gasteiger partial charge < -0.3 is 24.6 Å². The van der Waals surface area contributed by atoms with Gasteiger partial charge in [0.05, 0.1) is 24.8 Å². The first-order valence-electron chi connectivity index (χ1n) is 13.1. The van der Waals surface area contributed by atoms with Crippen molar-refractivity contribution < 1.29 is 42.1 Å². The Morgan fingerprint density at radius 1 is 0.857 bits per heavy atom. The number of rotatable bonds is 10. The van der Waals surface area contributed by atoms with Crippen molar-refractivity contribution >= 4 is 33.3 Å². The molecule has 0 spiro atoms. The van der Waals surface area contributed by atoms with Crippen molar-refractivity contribution in [2.45, 2.75) is 11.3 Å². The average Bonchev–Trinajstić information content (AvgIpc) is 3.00. The molecule has 3 aromatic rings. The summed E-state index contributed by atoms with van der Waals surface area (Å²) in [5.74, 6) is -2.79. The van der Waals surface area contributed by atoms with E-state index in [9.17, 15) is 12.8 Å². The van der Waals surface area contributed by atoms with Gasteiger partial charge in [-0.15, -0.1) is 0 Å². The monoisotopic (exact) mass is 603 g/mol. The quantitative estimate of drug-likeness (QED) is 0.332. The van der Waals surface area contributed by atoms with Crippen molar-refractivity contribution in [1.29, 1.82) is 0 Å². The Labute approximate surface area is 244 Å². The number of hydrogen-bond acceptors (Lipinski definition) is 8. The molecule has 226 valence electrons. The molecule has 4 rings (SSSR count). The van der Waals surface area contributed by atoms with E-state index >= 15 is 0 Å². The molecular formula is C29H34FN3O8S. The molecule has 0 unspecified atom stereocenters. The Bertz CT molecular complexity index is 1420. The van der Waals surface area contributed by atoms with E-state index in [4.69, 9.17) is 29.3 Å². The van der Waals surface area contributed by atoms with Crippen LogP contribution in [0.5, 0.6) is 11.5 Å². The Morgan fingerprint density at radius 3 is 2.00 bits per heavy atom. The van der Waals surface area contributed by atoms with Gasteiger partial charge in [0, 0.05) is 45.0 Å². The summed E-state index contributed by atoms with van der Waals surface area (Å²) in [4.78, 5) is 23.0. The fourth-order valence-electron chi connectivity index (χ4n) is 4.40. The van der Waals surface area contributed by atoms with Gasteiger partial charge in [-0.3, -0.25) is 9.21 Å². The maximum atomic E-state index is 13.7. The van der Waals surface area contributed by atoms with Crippen LogP contribution in [-0.2, 0) is 19.6 Å². The van der Waals surface area contributed by atoms with Crippen LogP contribution in [0.1, 0.15) is 6.42 Å². The summed E-state index contributed by atoms with van der Waals surface area (Å²) in [6.45, 7) is 4.47. The summed E-state index contributed by atoms with van der Waals surface area (Å²) < 4.78 is 52.7. The molecule has 1 fully saturated rings. The lowest BCUT2D eigenvalue weighted by atomic mass is 10.2. The van der Waals surface area contributed by atoms with Crippen LogP contribution in [-0.4, -0.2) is 89.0 Å². The highest BCUT2D eigenvalue weighted by atomic mass is 32.2. The summed E-state index contributed by atoms with van der Waals surface area (Å²) in [5.41, 5.74) is 1.53. The van der Waals surface area contributed by atoms with Gasteiger partial charge in [0.2, 0.25) is 0 Å². The van der Waals surface area contributed by atoms with Gasteiger partial charge in [0.15, 0.2) is 0 Å². The molecule has 1 aliphatic rings. The van der Waals surface area contributed by atoms with Crippen LogP contribution in [0.2, 0.25) is 0 Å². The minimum Gasteiger partial charge on any atom is -0.497 e. The van der Waals surface area contributed by atoms with E-state index in [2.05, 4.69) is 9.80 Å². The van der Waals surface area contributed by atoms with E-state index in [1.807, 2.05) is 12.1 Å². The summed E-state index contributed by atoms with van der Waals surface area (Å²) in [6, 6.07) is 20.2. The number of carboxylic acid groups (broad SMARTS) is 2. The number of aliphatic carboxylic acids is 2. The van der Waals surface area contributed by atoms with Crippen molar-refractivity contribution in [2.75, 3.05) is 62.7 Å². The number of carbonyl (C=O) groups is 2. The number of nitrogens with zero attached hydrogens (tertiary/aromatic N) is 3. The average molecular weight is 604 g/mol. The van der Waals surface area contributed by atoms with E-state index < -0.39 is 22.0 Å². The molecule has 11 nitrogen and oxygen atoms in total. The summed E-state index contributed by atoms with van der Waals surface area (Å²) >= 11 is 0. The van der Waals surface area contributed by atoms with Crippen LogP contribution >= 0.6 is 0 Å². The standard InChI is InChI=1S/C27H32FN3O4S.C2H2O4/c1-34-24-12-14-25(15-13-24)36(32,33)31(26-6-3-4-7-27(26)35-2)17-5-16-29-18-20-30(21-19-29)23-10-8-22(28)9-11-23;3-1(4)2(5)6/h3-4,6-15H,5,16-21H2,1-2H3;(H,3,4)(H,5,6). The molecular weight excluding hydrogens is 569 g/mol. The van der Waals surface area contributed by atoms with Crippen LogP contribution in [0.15, 0.2) is 77.7 Å². The van der Waals surface area contributed by atoms with Crippen molar-refractivity contribution in [1.82, 2.24) is 4.90 Å². The topological polar surface area (TPSA) is 137 Å². The molecule has 0 saturated carbocycles. The third-order valence-electron chi connectivity index (χ3n) is 6.58. The Morgan fingerprint density at radius 2 is 1.45 bits per heavy atom. The van der Waals surface area contributed by atoms with Crippen LogP contribution in [0.25, 0.3) is 0 Å². The first kappa shape index (κ1) is 32.2. The van der Waals surface area contributed by atoms with Gasteiger partial charge in [-0.2, -0.15) is 0 Å². The Kier molecular flexibility index (Phi) is 11.5. The number of benzene rings is 3. The molecule has 0 atom stereocenters. The number of halogens is 1. The minimum atomic E-state index is -3.82. The molecule has 1 saturated heterocycles. The van der Waals surface area contributed by atoms with Gasteiger partial charge >= 0.3 is 11.9 Å². The molecule has 0 radical (unpaired) electrons. The van der Waals surface area contributed by atoms with Gasteiger partial charge in [0.1, 0.15) is 17.3 Å². The SMILES string of the molecule is COc1ccc(S(=O)(=O)N(CCCN2CCN(c3ccc(F)cc3)CC2)c2ccccc2OC)cc1.O=C(O)C(=O)O. The van der Waals surface area contributed by atoms with Gasteiger partial charge in [-0.05, 0) is 67.1 Å². The zero-order valence-electron chi connectivity index (χ0n) is 23.3. The molecule has 2 N–H and O–H groups in total. The fraction of sp³-hybridized carbons (Fsp3) is 0.310. The van der Waals surface area contributed by atoms with E-state index in [0.717, 1.165) is 38.4 Å². The Hall–Kier alpha value is -4.36. The first-order valence-corrected chi connectivity index (χ1v) is 14.5. The number of sulfonamides is 1. The van der Waals surface area contributed by atoms with Crippen molar-refractivity contribution in [2.24, 2.45) is 0 Å². The minimum absolute atomic E-state index is 0.196.